The monoisotopic (exact) mass is 232 g/mol. The van der Waals surface area contributed by atoms with E-state index in [0.717, 1.165) is 30.3 Å². The van der Waals surface area contributed by atoms with Crippen LogP contribution in [0.1, 0.15) is 37.8 Å². The van der Waals surface area contributed by atoms with Gasteiger partial charge in [-0.05, 0) is 37.8 Å². The maximum atomic E-state index is 11.2. The first-order chi connectivity index (χ1) is 7.92. The van der Waals surface area contributed by atoms with Gasteiger partial charge in [-0.15, -0.1) is 0 Å². The molecule has 1 saturated carbocycles. The second kappa shape index (κ2) is 3.69. The van der Waals surface area contributed by atoms with Gasteiger partial charge in [-0.2, -0.15) is 0 Å². The molecule has 1 aliphatic carbocycles. The first-order valence-electron chi connectivity index (χ1n) is 5.73. The van der Waals surface area contributed by atoms with E-state index in [0.29, 0.717) is 0 Å². The molecule has 0 spiro atoms. The van der Waals surface area contributed by atoms with Gasteiger partial charge in [-0.1, -0.05) is 24.3 Å². The average molecular weight is 232 g/mol. The van der Waals surface area contributed by atoms with Gasteiger partial charge in [0.05, 0.1) is 10.8 Å². The molecule has 90 valence electrons. The zero-order chi connectivity index (χ0) is 12.7. The van der Waals surface area contributed by atoms with Crippen LogP contribution in [-0.2, 0) is 20.4 Å². The standard InChI is InChI=1S/C14H16O3/c1-13(2,12(16)17)10-4-3-5-11(8-10)14(9-15)6-7-14/h3-5,8-9H,6-7H2,1-2H3,(H,16,17). The molecule has 0 unspecified atom stereocenters. The van der Waals surface area contributed by atoms with Gasteiger partial charge in [0.15, 0.2) is 0 Å². The first kappa shape index (κ1) is 11.8. The van der Waals surface area contributed by atoms with E-state index in [9.17, 15) is 14.7 Å². The quantitative estimate of drug-likeness (QED) is 0.810. The Morgan fingerprint density at radius 1 is 1.41 bits per heavy atom. The third kappa shape index (κ3) is 1.86. The number of carbonyl (C=O) groups is 2. The van der Waals surface area contributed by atoms with Crippen LogP contribution in [0.2, 0.25) is 0 Å². The fourth-order valence-electron chi connectivity index (χ4n) is 1.95. The van der Waals surface area contributed by atoms with Crippen LogP contribution >= 0.6 is 0 Å². The molecule has 0 amide bonds. The predicted molar refractivity (Wildman–Crippen MR) is 64.1 cm³/mol. The van der Waals surface area contributed by atoms with Gasteiger partial charge in [0.1, 0.15) is 6.29 Å². The predicted octanol–water partition coefficient (Wildman–Crippen LogP) is 2.28. The fourth-order valence-corrected chi connectivity index (χ4v) is 1.95. The molecular formula is C14H16O3. The number of carbonyl (C=O) groups excluding carboxylic acids is 1. The lowest BCUT2D eigenvalue weighted by Gasteiger charge is -2.21. The van der Waals surface area contributed by atoms with Crippen molar-refractivity contribution in [2.24, 2.45) is 0 Å². The second-order valence-corrected chi connectivity index (χ2v) is 5.28. The van der Waals surface area contributed by atoms with E-state index in [1.165, 1.54) is 0 Å². The Bertz CT molecular complexity index is 470. The second-order valence-electron chi connectivity index (χ2n) is 5.28. The van der Waals surface area contributed by atoms with Crippen molar-refractivity contribution >= 4 is 12.3 Å². The van der Waals surface area contributed by atoms with Crippen molar-refractivity contribution in [1.82, 2.24) is 0 Å². The fraction of sp³-hybridized carbons (Fsp3) is 0.429. The molecule has 3 nitrogen and oxygen atoms in total. The smallest absolute Gasteiger partial charge is 0.313 e. The summed E-state index contributed by atoms with van der Waals surface area (Å²) in [6.07, 6.45) is 2.72. The van der Waals surface area contributed by atoms with Crippen molar-refractivity contribution in [1.29, 1.82) is 0 Å². The zero-order valence-electron chi connectivity index (χ0n) is 10.1. The van der Waals surface area contributed by atoms with Gasteiger partial charge in [0.2, 0.25) is 0 Å². The zero-order valence-corrected chi connectivity index (χ0v) is 10.1. The molecule has 3 heteroatoms. The molecule has 0 heterocycles. The van der Waals surface area contributed by atoms with E-state index < -0.39 is 11.4 Å². The molecule has 0 saturated heterocycles. The molecule has 0 radical (unpaired) electrons. The molecule has 2 rings (SSSR count). The van der Waals surface area contributed by atoms with Crippen molar-refractivity contribution < 1.29 is 14.7 Å². The highest BCUT2D eigenvalue weighted by Crippen LogP contribution is 2.46. The van der Waals surface area contributed by atoms with Crippen molar-refractivity contribution in [3.05, 3.63) is 35.4 Å². The van der Waals surface area contributed by atoms with E-state index >= 15 is 0 Å². The van der Waals surface area contributed by atoms with Crippen LogP contribution in [0.25, 0.3) is 0 Å². The van der Waals surface area contributed by atoms with Crippen LogP contribution in [0.15, 0.2) is 24.3 Å². The number of aldehydes is 1. The maximum Gasteiger partial charge on any atom is 0.313 e. The van der Waals surface area contributed by atoms with E-state index in [1.807, 2.05) is 18.2 Å². The van der Waals surface area contributed by atoms with Gasteiger partial charge in [-0.3, -0.25) is 4.79 Å². The van der Waals surface area contributed by atoms with Crippen LogP contribution < -0.4 is 0 Å². The highest BCUT2D eigenvalue weighted by atomic mass is 16.4. The summed E-state index contributed by atoms with van der Waals surface area (Å²) in [5.74, 6) is -0.856. The van der Waals surface area contributed by atoms with E-state index in [-0.39, 0.29) is 5.41 Å². The lowest BCUT2D eigenvalue weighted by atomic mass is 9.82. The topological polar surface area (TPSA) is 54.4 Å². The Morgan fingerprint density at radius 2 is 2.06 bits per heavy atom. The molecule has 1 fully saturated rings. The first-order valence-corrected chi connectivity index (χ1v) is 5.73. The van der Waals surface area contributed by atoms with Crippen molar-refractivity contribution in [2.45, 2.75) is 37.5 Å². The summed E-state index contributed by atoms with van der Waals surface area (Å²) in [7, 11) is 0. The molecule has 0 aromatic heterocycles. The van der Waals surface area contributed by atoms with Gasteiger partial charge >= 0.3 is 5.97 Å². The van der Waals surface area contributed by atoms with Crippen LogP contribution in [0.4, 0.5) is 0 Å². The van der Waals surface area contributed by atoms with Gasteiger partial charge < -0.3 is 9.90 Å². The minimum Gasteiger partial charge on any atom is -0.481 e. The summed E-state index contributed by atoms with van der Waals surface area (Å²) >= 11 is 0. The molecule has 1 aliphatic rings. The molecule has 1 N–H and O–H groups in total. The van der Waals surface area contributed by atoms with Gasteiger partial charge in [0, 0.05) is 0 Å². The molecule has 1 aromatic carbocycles. The number of hydrogen-bond donors (Lipinski definition) is 1. The highest BCUT2D eigenvalue weighted by Gasteiger charge is 2.44. The summed E-state index contributed by atoms with van der Waals surface area (Å²) in [4.78, 5) is 22.3. The minimum absolute atomic E-state index is 0.343. The molecule has 0 bridgehead atoms. The lowest BCUT2D eigenvalue weighted by Crippen LogP contribution is -2.28. The van der Waals surface area contributed by atoms with Crippen LogP contribution in [0.5, 0.6) is 0 Å². The molecular weight excluding hydrogens is 216 g/mol. The SMILES string of the molecule is CC(C)(C(=O)O)c1cccc(C2(C=O)CC2)c1. The third-order valence-electron chi connectivity index (χ3n) is 3.71. The Morgan fingerprint density at radius 3 is 2.53 bits per heavy atom. The Labute approximate surface area is 100 Å². The molecule has 0 aliphatic heterocycles. The van der Waals surface area contributed by atoms with E-state index in [1.54, 1.807) is 19.9 Å². The lowest BCUT2D eigenvalue weighted by molar-refractivity contribution is -0.142. The Hall–Kier alpha value is -1.64. The Kier molecular flexibility index (Phi) is 2.57. The van der Waals surface area contributed by atoms with E-state index in [2.05, 4.69) is 0 Å². The average Bonchev–Trinajstić information content (AvgIpc) is 3.10. The highest BCUT2D eigenvalue weighted by molar-refractivity contribution is 5.81. The normalized spacial score (nSPS) is 17.5. The largest absolute Gasteiger partial charge is 0.481 e. The number of aliphatic carboxylic acids is 1. The summed E-state index contributed by atoms with van der Waals surface area (Å²) in [6.45, 7) is 3.35. The third-order valence-corrected chi connectivity index (χ3v) is 3.71. The van der Waals surface area contributed by atoms with Gasteiger partial charge in [0.25, 0.3) is 0 Å². The number of carboxylic acid groups (broad SMARTS) is 1. The molecule has 17 heavy (non-hydrogen) atoms. The maximum absolute atomic E-state index is 11.2. The van der Waals surface area contributed by atoms with Crippen molar-refractivity contribution in [3.63, 3.8) is 0 Å². The minimum atomic E-state index is -0.922. The number of hydrogen-bond acceptors (Lipinski definition) is 2. The van der Waals surface area contributed by atoms with Crippen molar-refractivity contribution in [2.75, 3.05) is 0 Å². The number of rotatable bonds is 4. The van der Waals surface area contributed by atoms with Crippen LogP contribution in [0.3, 0.4) is 0 Å². The van der Waals surface area contributed by atoms with E-state index in [4.69, 9.17) is 0 Å². The number of benzene rings is 1. The number of carboxylic acids is 1. The van der Waals surface area contributed by atoms with Crippen LogP contribution in [0, 0.1) is 0 Å². The molecule has 0 atom stereocenters. The summed E-state index contributed by atoms with van der Waals surface area (Å²) in [5.41, 5.74) is 0.425. The summed E-state index contributed by atoms with van der Waals surface area (Å²) in [6, 6.07) is 7.40. The van der Waals surface area contributed by atoms with Crippen LogP contribution in [-0.4, -0.2) is 17.4 Å². The Balaban J connectivity index is 2.42. The molecule has 1 aromatic rings. The summed E-state index contributed by atoms with van der Waals surface area (Å²) in [5, 5.41) is 9.19. The van der Waals surface area contributed by atoms with Crippen molar-refractivity contribution in [3.8, 4) is 0 Å². The summed E-state index contributed by atoms with van der Waals surface area (Å²) < 4.78 is 0. The van der Waals surface area contributed by atoms with Gasteiger partial charge in [-0.25, -0.2) is 0 Å².